The molecule has 0 saturated heterocycles. The lowest BCUT2D eigenvalue weighted by molar-refractivity contribution is 0.00524. The first-order valence-corrected chi connectivity index (χ1v) is 10.5. The van der Waals surface area contributed by atoms with E-state index in [1.54, 1.807) is 61.7 Å². The van der Waals surface area contributed by atoms with Gasteiger partial charge in [-0.05, 0) is 48.0 Å². The van der Waals surface area contributed by atoms with Gasteiger partial charge in [-0.15, -0.1) is 0 Å². The molecule has 0 radical (unpaired) electrons. The van der Waals surface area contributed by atoms with E-state index < -0.39 is 12.2 Å². The van der Waals surface area contributed by atoms with Gasteiger partial charge in [-0.1, -0.05) is 18.2 Å². The number of hydrogen-bond donors (Lipinski definition) is 1. The minimum atomic E-state index is -1.09. The van der Waals surface area contributed by atoms with Gasteiger partial charge in [0, 0.05) is 5.56 Å². The lowest BCUT2D eigenvalue weighted by Crippen LogP contribution is -2.32. The van der Waals surface area contributed by atoms with Crippen molar-refractivity contribution in [2.45, 2.75) is 12.2 Å². The first kappa shape index (κ1) is 24.7. The van der Waals surface area contributed by atoms with Crippen LogP contribution in [0.1, 0.15) is 22.0 Å². The molecule has 8 heteroatoms. The molecule has 2 unspecified atom stereocenters. The van der Waals surface area contributed by atoms with E-state index in [1.807, 2.05) is 6.07 Å². The van der Waals surface area contributed by atoms with Crippen LogP contribution in [0.3, 0.4) is 0 Å². The first-order chi connectivity index (χ1) is 16.5. The molecule has 8 nitrogen and oxygen atoms in total. The summed E-state index contributed by atoms with van der Waals surface area (Å²) >= 11 is 0. The molecule has 3 aromatic carbocycles. The summed E-state index contributed by atoms with van der Waals surface area (Å²) in [4.78, 5) is 11.1. The van der Waals surface area contributed by atoms with Gasteiger partial charge in [-0.25, -0.2) is 0 Å². The van der Waals surface area contributed by atoms with Crippen LogP contribution in [0.4, 0.5) is 0 Å². The lowest BCUT2D eigenvalue weighted by Gasteiger charge is -2.26. The number of ether oxygens (including phenoxy) is 6. The van der Waals surface area contributed by atoms with E-state index in [0.29, 0.717) is 45.6 Å². The molecule has 0 spiro atoms. The molecule has 0 saturated carbocycles. The Morgan fingerprint density at radius 2 is 1.32 bits per heavy atom. The van der Waals surface area contributed by atoms with Gasteiger partial charge < -0.3 is 33.5 Å². The summed E-state index contributed by atoms with van der Waals surface area (Å²) in [7, 11) is 6.09. The van der Waals surface area contributed by atoms with Crippen molar-refractivity contribution in [2.24, 2.45) is 0 Å². The lowest BCUT2D eigenvalue weighted by atomic mass is 10.0. The van der Waals surface area contributed by atoms with Crippen LogP contribution in [0.25, 0.3) is 0 Å². The maximum absolute atomic E-state index is 11.3. The maximum atomic E-state index is 11.3. The molecule has 0 aliphatic heterocycles. The molecular weight excluding hydrogens is 440 g/mol. The van der Waals surface area contributed by atoms with Crippen molar-refractivity contribution in [3.8, 4) is 34.5 Å². The van der Waals surface area contributed by atoms with E-state index in [9.17, 15) is 9.90 Å². The number of aliphatic hydroxyl groups is 1. The van der Waals surface area contributed by atoms with E-state index in [2.05, 4.69) is 0 Å². The Morgan fingerprint density at radius 1 is 0.735 bits per heavy atom. The quantitative estimate of drug-likeness (QED) is 0.397. The Bertz CT molecular complexity index is 1100. The van der Waals surface area contributed by atoms with Crippen LogP contribution >= 0.6 is 0 Å². The van der Waals surface area contributed by atoms with Crippen molar-refractivity contribution < 1.29 is 38.3 Å². The van der Waals surface area contributed by atoms with Crippen LogP contribution in [0.2, 0.25) is 0 Å². The second-order valence-electron chi connectivity index (χ2n) is 7.21. The summed E-state index contributed by atoms with van der Waals surface area (Å²) in [6.45, 7) is -0.0373. The molecule has 0 amide bonds. The molecule has 2 atom stereocenters. The van der Waals surface area contributed by atoms with Crippen molar-refractivity contribution >= 4 is 6.29 Å². The van der Waals surface area contributed by atoms with Gasteiger partial charge in [0.15, 0.2) is 40.6 Å². The number of carbonyl (C=O) groups is 1. The molecule has 1 N–H and O–H groups in total. The van der Waals surface area contributed by atoms with Crippen molar-refractivity contribution in [3.05, 3.63) is 71.8 Å². The molecule has 0 bridgehead atoms. The van der Waals surface area contributed by atoms with E-state index >= 15 is 0 Å². The van der Waals surface area contributed by atoms with Crippen molar-refractivity contribution in [1.82, 2.24) is 0 Å². The average molecular weight is 469 g/mol. The van der Waals surface area contributed by atoms with Gasteiger partial charge in [-0.3, -0.25) is 4.79 Å². The maximum Gasteiger partial charge on any atom is 0.163 e. The topological polar surface area (TPSA) is 92.7 Å². The minimum absolute atomic E-state index is 0.0373. The minimum Gasteiger partial charge on any atom is -0.493 e. The fourth-order valence-electron chi connectivity index (χ4n) is 3.37. The van der Waals surface area contributed by atoms with Crippen LogP contribution < -0.4 is 28.4 Å². The number of rotatable bonds is 12. The third kappa shape index (κ3) is 5.71. The van der Waals surface area contributed by atoms with Crippen LogP contribution in [0.15, 0.2) is 60.7 Å². The number of carbonyl (C=O) groups excluding carboxylic acids is 1. The number of methoxy groups -OCH3 is 4. The van der Waals surface area contributed by atoms with E-state index in [-0.39, 0.29) is 6.61 Å². The number of para-hydroxylation sites is 2. The monoisotopic (exact) mass is 468 g/mol. The second kappa shape index (κ2) is 11.8. The number of hydrogen-bond acceptors (Lipinski definition) is 8. The molecule has 0 aliphatic carbocycles. The van der Waals surface area contributed by atoms with Gasteiger partial charge in [0.05, 0.1) is 28.4 Å². The van der Waals surface area contributed by atoms with Crippen LogP contribution in [0, 0.1) is 0 Å². The van der Waals surface area contributed by atoms with Crippen molar-refractivity contribution in [3.63, 3.8) is 0 Å². The third-order valence-corrected chi connectivity index (χ3v) is 5.18. The summed E-state index contributed by atoms with van der Waals surface area (Å²) in [5.41, 5.74) is 1.00. The fourth-order valence-corrected chi connectivity index (χ4v) is 3.37. The fraction of sp³-hybridized carbons (Fsp3) is 0.269. The molecule has 0 fully saturated rings. The summed E-state index contributed by atoms with van der Waals surface area (Å²) < 4.78 is 33.5. The highest BCUT2D eigenvalue weighted by Gasteiger charge is 2.27. The Kier molecular flexibility index (Phi) is 8.59. The number of benzene rings is 3. The Morgan fingerprint density at radius 3 is 1.97 bits per heavy atom. The zero-order valence-electron chi connectivity index (χ0n) is 19.5. The summed E-state index contributed by atoms with van der Waals surface area (Å²) in [5.74, 6) is 2.77. The summed E-state index contributed by atoms with van der Waals surface area (Å²) in [6.07, 6.45) is -1.21. The highest BCUT2D eigenvalue weighted by molar-refractivity contribution is 5.76. The van der Waals surface area contributed by atoms with E-state index in [1.165, 1.54) is 21.3 Å². The van der Waals surface area contributed by atoms with Gasteiger partial charge in [0.2, 0.25) is 0 Å². The Hall–Kier alpha value is -3.91. The van der Waals surface area contributed by atoms with Gasteiger partial charge >= 0.3 is 0 Å². The smallest absolute Gasteiger partial charge is 0.163 e. The molecule has 0 aliphatic rings. The number of aldehydes is 1. The highest BCUT2D eigenvalue weighted by atomic mass is 16.6. The van der Waals surface area contributed by atoms with E-state index in [4.69, 9.17) is 28.4 Å². The predicted molar refractivity (Wildman–Crippen MR) is 126 cm³/mol. The molecule has 0 heterocycles. The normalized spacial score (nSPS) is 12.3. The van der Waals surface area contributed by atoms with Gasteiger partial charge in [0.1, 0.15) is 19.0 Å². The van der Waals surface area contributed by atoms with Crippen LogP contribution in [-0.4, -0.2) is 52.5 Å². The van der Waals surface area contributed by atoms with E-state index in [0.717, 1.165) is 6.29 Å². The Labute approximate surface area is 198 Å². The molecule has 180 valence electrons. The second-order valence-corrected chi connectivity index (χ2v) is 7.21. The number of aliphatic hydroxyl groups excluding tert-OH is 1. The zero-order chi connectivity index (χ0) is 24.5. The van der Waals surface area contributed by atoms with Gasteiger partial charge in [-0.2, -0.15) is 0 Å². The molecule has 3 aromatic rings. The summed E-state index contributed by atoms with van der Waals surface area (Å²) in [5, 5.41) is 11.3. The molecule has 3 rings (SSSR count). The zero-order valence-corrected chi connectivity index (χ0v) is 19.5. The van der Waals surface area contributed by atoms with Crippen molar-refractivity contribution in [1.29, 1.82) is 0 Å². The molecule has 0 aromatic heterocycles. The SMILES string of the molecule is COc1ccc(C(O)C(COc2ccc(C=O)cc2OC)Oc2ccccc2OC)cc1OC. The first-order valence-electron chi connectivity index (χ1n) is 10.5. The predicted octanol–water partition coefficient (Wildman–Crippen LogP) is 4.09. The van der Waals surface area contributed by atoms with Crippen molar-refractivity contribution in [2.75, 3.05) is 35.0 Å². The van der Waals surface area contributed by atoms with Gasteiger partial charge in [0.25, 0.3) is 0 Å². The third-order valence-electron chi connectivity index (χ3n) is 5.18. The molecular formula is C26H28O8. The molecule has 34 heavy (non-hydrogen) atoms. The Balaban J connectivity index is 1.91. The largest absolute Gasteiger partial charge is 0.493 e. The highest BCUT2D eigenvalue weighted by Crippen LogP contribution is 2.35. The van der Waals surface area contributed by atoms with Crippen LogP contribution in [0.5, 0.6) is 34.5 Å². The standard InChI is InChI=1S/C26H28O8/c1-29-19-7-5-6-8-22(19)34-25(16-33-21-11-9-17(15-27)13-23(21)31-3)26(28)18-10-12-20(30-2)24(14-18)32-4/h5-15,25-26,28H,16H2,1-4H3. The van der Waals surface area contributed by atoms with Crippen LogP contribution in [-0.2, 0) is 0 Å². The average Bonchev–Trinajstić information content (AvgIpc) is 2.90. The summed E-state index contributed by atoms with van der Waals surface area (Å²) in [6, 6.07) is 17.1.